The van der Waals surface area contributed by atoms with E-state index in [4.69, 9.17) is 0 Å². The summed E-state index contributed by atoms with van der Waals surface area (Å²) in [5.74, 6) is 2.03. The first kappa shape index (κ1) is 13.4. The summed E-state index contributed by atoms with van der Waals surface area (Å²) in [6.45, 7) is 2.25. The molecule has 1 aliphatic rings. The van der Waals surface area contributed by atoms with E-state index in [1.54, 1.807) is 18.1 Å². The third-order valence-electron chi connectivity index (χ3n) is 3.54. The molecule has 1 saturated heterocycles. The largest absolute Gasteiger partial charge is 0.356 e. The number of piperidine rings is 1. The number of anilines is 1. The highest BCUT2D eigenvalue weighted by Crippen LogP contribution is 2.24. The van der Waals surface area contributed by atoms with Gasteiger partial charge in [0, 0.05) is 24.9 Å². The molecule has 1 aliphatic heterocycles. The Kier molecular flexibility index (Phi) is 4.53. The van der Waals surface area contributed by atoms with Gasteiger partial charge in [-0.1, -0.05) is 30.3 Å². The van der Waals surface area contributed by atoms with Crippen LogP contribution < -0.4 is 4.90 Å². The zero-order valence-electron chi connectivity index (χ0n) is 11.5. The Labute approximate surface area is 124 Å². The fraction of sp³-hybridized carbons (Fsp3) is 0.375. The Morgan fingerprint density at radius 1 is 1.00 bits per heavy atom. The van der Waals surface area contributed by atoms with E-state index in [1.807, 2.05) is 6.07 Å². The molecule has 104 valence electrons. The van der Waals surface area contributed by atoms with Crippen LogP contribution in [0.4, 0.5) is 5.82 Å². The van der Waals surface area contributed by atoms with Gasteiger partial charge in [0.15, 0.2) is 0 Å². The van der Waals surface area contributed by atoms with Gasteiger partial charge in [-0.15, -0.1) is 11.8 Å². The number of thioether (sulfide) groups is 1. The lowest BCUT2D eigenvalue weighted by Crippen LogP contribution is -2.30. The number of hydrogen-bond donors (Lipinski definition) is 0. The molecule has 0 radical (unpaired) electrons. The molecule has 0 N–H and O–H groups in total. The van der Waals surface area contributed by atoms with Crippen LogP contribution in [0.25, 0.3) is 0 Å². The van der Waals surface area contributed by atoms with Crippen LogP contribution in [0.15, 0.2) is 47.8 Å². The molecular weight excluding hydrogens is 266 g/mol. The summed E-state index contributed by atoms with van der Waals surface area (Å²) in [4.78, 5) is 11.2. The van der Waals surface area contributed by atoms with E-state index in [-0.39, 0.29) is 0 Å². The molecule has 4 heteroatoms. The SMILES string of the molecule is c1ccc(CSc2cc(N3CCCCC3)ncn2)cc1. The molecule has 20 heavy (non-hydrogen) atoms. The maximum atomic E-state index is 4.42. The van der Waals surface area contributed by atoms with E-state index in [2.05, 4.69) is 45.2 Å². The van der Waals surface area contributed by atoms with Crippen molar-refractivity contribution in [3.8, 4) is 0 Å². The minimum absolute atomic E-state index is 0.956. The Morgan fingerprint density at radius 3 is 2.60 bits per heavy atom. The van der Waals surface area contributed by atoms with Crippen molar-refractivity contribution in [3.63, 3.8) is 0 Å². The first-order valence-electron chi connectivity index (χ1n) is 7.15. The highest BCUT2D eigenvalue weighted by molar-refractivity contribution is 7.98. The molecule has 2 aromatic rings. The number of aromatic nitrogens is 2. The lowest BCUT2D eigenvalue weighted by molar-refractivity contribution is 0.572. The van der Waals surface area contributed by atoms with Crippen molar-refractivity contribution in [2.75, 3.05) is 18.0 Å². The third-order valence-corrected chi connectivity index (χ3v) is 4.53. The smallest absolute Gasteiger partial charge is 0.133 e. The van der Waals surface area contributed by atoms with Gasteiger partial charge in [0.05, 0.1) is 0 Å². The van der Waals surface area contributed by atoms with Crippen molar-refractivity contribution in [2.45, 2.75) is 30.0 Å². The quantitative estimate of drug-likeness (QED) is 0.632. The van der Waals surface area contributed by atoms with Crippen LogP contribution in [0.2, 0.25) is 0 Å². The summed E-state index contributed by atoms with van der Waals surface area (Å²) in [5, 5.41) is 1.06. The summed E-state index contributed by atoms with van der Waals surface area (Å²) in [7, 11) is 0. The molecule has 0 aliphatic carbocycles. The van der Waals surface area contributed by atoms with Crippen LogP contribution in [0.1, 0.15) is 24.8 Å². The van der Waals surface area contributed by atoms with Gasteiger partial charge in [0.2, 0.25) is 0 Å². The van der Waals surface area contributed by atoms with Gasteiger partial charge in [-0.2, -0.15) is 0 Å². The van der Waals surface area contributed by atoms with Crippen LogP contribution in [-0.4, -0.2) is 23.1 Å². The molecule has 3 nitrogen and oxygen atoms in total. The van der Waals surface area contributed by atoms with Crippen LogP contribution in [0.5, 0.6) is 0 Å². The van der Waals surface area contributed by atoms with E-state index in [9.17, 15) is 0 Å². The van der Waals surface area contributed by atoms with E-state index < -0.39 is 0 Å². The molecule has 0 unspecified atom stereocenters. The van der Waals surface area contributed by atoms with Crippen molar-refractivity contribution >= 4 is 17.6 Å². The van der Waals surface area contributed by atoms with Crippen LogP contribution >= 0.6 is 11.8 Å². The minimum atomic E-state index is 0.956. The second kappa shape index (κ2) is 6.75. The first-order valence-corrected chi connectivity index (χ1v) is 8.14. The summed E-state index contributed by atoms with van der Waals surface area (Å²) in [6.07, 6.45) is 5.58. The minimum Gasteiger partial charge on any atom is -0.356 e. The van der Waals surface area contributed by atoms with Gasteiger partial charge in [0.1, 0.15) is 17.2 Å². The van der Waals surface area contributed by atoms with Crippen LogP contribution in [0.3, 0.4) is 0 Å². The van der Waals surface area contributed by atoms with Crippen molar-refractivity contribution in [1.29, 1.82) is 0 Å². The Balaban J connectivity index is 1.65. The van der Waals surface area contributed by atoms with Crippen molar-refractivity contribution in [2.24, 2.45) is 0 Å². The maximum Gasteiger partial charge on any atom is 0.133 e. The average Bonchev–Trinajstić information content (AvgIpc) is 2.55. The van der Waals surface area contributed by atoms with E-state index in [0.29, 0.717) is 0 Å². The van der Waals surface area contributed by atoms with Crippen LogP contribution in [0, 0.1) is 0 Å². The molecular formula is C16H19N3S. The number of rotatable bonds is 4. The monoisotopic (exact) mass is 285 g/mol. The third kappa shape index (κ3) is 3.51. The maximum absolute atomic E-state index is 4.42. The molecule has 1 aromatic heterocycles. The molecule has 0 spiro atoms. The molecule has 1 fully saturated rings. The summed E-state index contributed by atoms with van der Waals surface area (Å²) in [6, 6.07) is 12.6. The highest BCUT2D eigenvalue weighted by atomic mass is 32.2. The van der Waals surface area contributed by atoms with Gasteiger partial charge in [-0.05, 0) is 24.8 Å². The van der Waals surface area contributed by atoms with Gasteiger partial charge in [-0.25, -0.2) is 9.97 Å². The zero-order chi connectivity index (χ0) is 13.6. The number of hydrogen-bond acceptors (Lipinski definition) is 4. The summed E-state index contributed by atoms with van der Waals surface area (Å²) in [5.41, 5.74) is 1.33. The first-order chi connectivity index (χ1) is 9.92. The molecule has 0 saturated carbocycles. The van der Waals surface area contributed by atoms with Crippen molar-refractivity contribution in [1.82, 2.24) is 9.97 Å². The topological polar surface area (TPSA) is 29.0 Å². The van der Waals surface area contributed by atoms with Gasteiger partial charge in [0.25, 0.3) is 0 Å². The van der Waals surface area contributed by atoms with Gasteiger partial charge < -0.3 is 4.90 Å². The Bertz CT molecular complexity index is 538. The standard InChI is InChI=1S/C16H19N3S/c1-3-7-14(8-4-1)12-20-16-11-15(17-13-18-16)19-9-5-2-6-10-19/h1,3-4,7-8,11,13H,2,5-6,9-10,12H2. The Hall–Kier alpha value is -1.55. The van der Waals surface area contributed by atoms with Crippen LogP contribution in [-0.2, 0) is 5.75 Å². The summed E-state index contributed by atoms with van der Waals surface area (Å²) >= 11 is 1.77. The lowest BCUT2D eigenvalue weighted by Gasteiger charge is -2.27. The fourth-order valence-electron chi connectivity index (χ4n) is 2.44. The highest BCUT2D eigenvalue weighted by Gasteiger charge is 2.12. The number of nitrogens with zero attached hydrogens (tertiary/aromatic N) is 3. The van der Waals surface area contributed by atoms with Gasteiger partial charge >= 0.3 is 0 Å². The molecule has 0 amide bonds. The van der Waals surface area contributed by atoms with Crippen molar-refractivity contribution in [3.05, 3.63) is 48.3 Å². The summed E-state index contributed by atoms with van der Waals surface area (Å²) < 4.78 is 0. The van der Waals surface area contributed by atoms with E-state index in [0.717, 1.165) is 29.7 Å². The van der Waals surface area contributed by atoms with E-state index >= 15 is 0 Å². The second-order valence-electron chi connectivity index (χ2n) is 5.04. The normalized spacial score (nSPS) is 15.3. The van der Waals surface area contributed by atoms with Crippen molar-refractivity contribution < 1.29 is 0 Å². The number of benzene rings is 1. The predicted octanol–water partition coefficient (Wildman–Crippen LogP) is 3.76. The second-order valence-corrected chi connectivity index (χ2v) is 6.03. The van der Waals surface area contributed by atoms with E-state index in [1.165, 1.54) is 24.8 Å². The zero-order valence-corrected chi connectivity index (χ0v) is 12.4. The molecule has 0 atom stereocenters. The molecule has 2 heterocycles. The molecule has 3 rings (SSSR count). The Morgan fingerprint density at radius 2 is 1.80 bits per heavy atom. The fourth-order valence-corrected chi connectivity index (χ4v) is 3.25. The molecule has 0 bridgehead atoms. The lowest BCUT2D eigenvalue weighted by atomic mass is 10.1. The van der Waals surface area contributed by atoms with Gasteiger partial charge in [-0.3, -0.25) is 0 Å². The average molecular weight is 285 g/mol. The predicted molar refractivity (Wildman–Crippen MR) is 84.1 cm³/mol. The molecule has 1 aromatic carbocycles.